The van der Waals surface area contributed by atoms with Crippen LogP contribution in [-0.2, 0) is 11.2 Å². The van der Waals surface area contributed by atoms with E-state index in [1.54, 1.807) is 26.6 Å². The van der Waals surface area contributed by atoms with E-state index in [4.69, 9.17) is 9.47 Å². The largest absolute Gasteiger partial charge is 0.497 e. The number of ether oxygens (including phenoxy) is 2. The third kappa shape index (κ3) is 3.87. The van der Waals surface area contributed by atoms with Crippen molar-refractivity contribution < 1.29 is 14.3 Å². The Bertz CT molecular complexity index is 751. The minimum Gasteiger partial charge on any atom is -0.497 e. The molecule has 7 nitrogen and oxygen atoms in total. The molecule has 0 bridgehead atoms. The molecular formula is C19H24N4O3. The predicted octanol–water partition coefficient (Wildman–Crippen LogP) is 1.77. The summed E-state index contributed by atoms with van der Waals surface area (Å²) < 4.78 is 10.4. The lowest BCUT2D eigenvalue weighted by Crippen LogP contribution is -2.40. The van der Waals surface area contributed by atoms with E-state index in [0.717, 1.165) is 36.6 Å². The van der Waals surface area contributed by atoms with Crippen LogP contribution in [-0.4, -0.2) is 61.2 Å². The average Bonchev–Trinajstić information content (AvgIpc) is 3.17. The lowest BCUT2D eigenvalue weighted by atomic mass is 10.1. The van der Waals surface area contributed by atoms with Gasteiger partial charge in [0.2, 0.25) is 5.91 Å². The van der Waals surface area contributed by atoms with Gasteiger partial charge in [-0.05, 0) is 24.1 Å². The number of nitrogens with zero attached hydrogens (tertiary/aromatic N) is 4. The smallest absolute Gasteiger partial charge is 0.257 e. The van der Waals surface area contributed by atoms with E-state index < -0.39 is 0 Å². The van der Waals surface area contributed by atoms with Gasteiger partial charge in [-0.2, -0.15) is 0 Å². The first-order valence-electron chi connectivity index (χ1n) is 8.61. The number of likely N-dealkylation sites (N-methyl/N-ethyl adjacent to an activating group) is 1. The molecule has 7 heteroatoms. The highest BCUT2D eigenvalue weighted by atomic mass is 16.5. The fourth-order valence-corrected chi connectivity index (χ4v) is 3.18. The summed E-state index contributed by atoms with van der Waals surface area (Å²) in [5.41, 5.74) is 0.980. The zero-order valence-corrected chi connectivity index (χ0v) is 15.4. The highest BCUT2D eigenvalue weighted by molar-refractivity contribution is 5.79. The number of anilines is 1. The molecule has 0 radical (unpaired) electrons. The molecule has 0 spiro atoms. The van der Waals surface area contributed by atoms with Gasteiger partial charge in [0.05, 0.1) is 26.7 Å². The molecular weight excluding hydrogens is 332 g/mol. The zero-order valence-electron chi connectivity index (χ0n) is 15.4. The van der Waals surface area contributed by atoms with Crippen LogP contribution in [0, 0.1) is 0 Å². The molecule has 3 rings (SSSR count). The van der Waals surface area contributed by atoms with Crippen LogP contribution in [0.2, 0.25) is 0 Å². The van der Waals surface area contributed by atoms with Crippen LogP contribution in [0.15, 0.2) is 36.7 Å². The van der Waals surface area contributed by atoms with Gasteiger partial charge in [0.1, 0.15) is 5.75 Å². The molecule has 0 aliphatic carbocycles. The van der Waals surface area contributed by atoms with Crippen LogP contribution >= 0.6 is 0 Å². The van der Waals surface area contributed by atoms with Gasteiger partial charge >= 0.3 is 0 Å². The summed E-state index contributed by atoms with van der Waals surface area (Å²) in [6, 6.07) is 7.75. The number of amides is 1. The molecule has 1 aliphatic heterocycles. The number of rotatable bonds is 6. The second-order valence-corrected chi connectivity index (χ2v) is 6.31. The summed E-state index contributed by atoms with van der Waals surface area (Å²) in [5.74, 6) is 2.14. The molecule has 1 aliphatic rings. The van der Waals surface area contributed by atoms with Gasteiger partial charge in [0.25, 0.3) is 5.88 Å². The number of benzene rings is 1. The Labute approximate surface area is 153 Å². The maximum absolute atomic E-state index is 12.6. The van der Waals surface area contributed by atoms with Crippen LogP contribution < -0.4 is 14.4 Å². The first-order valence-corrected chi connectivity index (χ1v) is 8.61. The minimum atomic E-state index is 0.105. The molecule has 2 heterocycles. The van der Waals surface area contributed by atoms with E-state index in [2.05, 4.69) is 14.9 Å². The molecule has 0 N–H and O–H groups in total. The molecule has 138 valence electrons. The highest BCUT2D eigenvalue weighted by Gasteiger charge is 2.30. The fourth-order valence-electron chi connectivity index (χ4n) is 3.18. The Morgan fingerprint density at radius 2 is 1.92 bits per heavy atom. The van der Waals surface area contributed by atoms with Crippen molar-refractivity contribution in [2.45, 2.75) is 18.9 Å². The fraction of sp³-hybridized carbons (Fsp3) is 0.421. The van der Waals surface area contributed by atoms with Gasteiger partial charge in [-0.3, -0.25) is 4.79 Å². The predicted molar refractivity (Wildman–Crippen MR) is 98.7 cm³/mol. The zero-order chi connectivity index (χ0) is 18.5. The average molecular weight is 356 g/mol. The standard InChI is InChI=1S/C19H24N4O3/c1-22(17(24)12-14-4-6-16(25-2)7-5-14)15-8-11-23(13-15)18-19(26-3)21-10-9-20-18/h4-7,9-10,15H,8,11-13H2,1-3H3. The van der Waals surface area contributed by atoms with Crippen molar-refractivity contribution in [2.75, 3.05) is 39.3 Å². The molecule has 1 aromatic heterocycles. The number of carbonyl (C=O) groups excluding carboxylic acids is 1. The lowest BCUT2D eigenvalue weighted by molar-refractivity contribution is -0.130. The number of aromatic nitrogens is 2. The Morgan fingerprint density at radius 3 is 2.62 bits per heavy atom. The van der Waals surface area contributed by atoms with Crippen LogP contribution in [0.1, 0.15) is 12.0 Å². The highest BCUT2D eigenvalue weighted by Crippen LogP contribution is 2.27. The van der Waals surface area contributed by atoms with E-state index in [9.17, 15) is 4.79 Å². The maximum atomic E-state index is 12.6. The van der Waals surface area contributed by atoms with Crippen molar-refractivity contribution in [3.05, 3.63) is 42.2 Å². The van der Waals surface area contributed by atoms with E-state index >= 15 is 0 Å². The van der Waals surface area contributed by atoms with Gasteiger partial charge in [0, 0.05) is 32.5 Å². The maximum Gasteiger partial charge on any atom is 0.257 e. The normalized spacial score (nSPS) is 16.4. The van der Waals surface area contributed by atoms with Crippen molar-refractivity contribution in [3.63, 3.8) is 0 Å². The van der Waals surface area contributed by atoms with Crippen molar-refractivity contribution in [3.8, 4) is 11.6 Å². The summed E-state index contributed by atoms with van der Waals surface area (Å²) in [6.07, 6.45) is 4.54. The van der Waals surface area contributed by atoms with Crippen molar-refractivity contribution in [1.29, 1.82) is 0 Å². The van der Waals surface area contributed by atoms with Gasteiger partial charge in [-0.25, -0.2) is 9.97 Å². The molecule has 0 saturated carbocycles. The summed E-state index contributed by atoms with van der Waals surface area (Å²) in [5, 5.41) is 0. The van der Waals surface area contributed by atoms with E-state index in [-0.39, 0.29) is 11.9 Å². The quantitative estimate of drug-likeness (QED) is 0.786. The summed E-state index contributed by atoms with van der Waals surface area (Å²) in [7, 11) is 5.09. The van der Waals surface area contributed by atoms with Crippen molar-refractivity contribution in [2.24, 2.45) is 0 Å². The molecule has 2 aromatic rings. The van der Waals surface area contributed by atoms with Gasteiger partial charge < -0.3 is 19.3 Å². The molecule has 1 fully saturated rings. The Balaban J connectivity index is 1.61. The summed E-state index contributed by atoms with van der Waals surface area (Å²) in [6.45, 7) is 1.54. The molecule has 1 saturated heterocycles. The van der Waals surface area contributed by atoms with Crippen molar-refractivity contribution in [1.82, 2.24) is 14.9 Å². The molecule has 1 aromatic carbocycles. The minimum absolute atomic E-state index is 0.105. The van der Waals surface area contributed by atoms with Crippen LogP contribution in [0.25, 0.3) is 0 Å². The van der Waals surface area contributed by atoms with Gasteiger partial charge in [-0.1, -0.05) is 12.1 Å². The number of hydrogen-bond acceptors (Lipinski definition) is 6. The Kier molecular flexibility index (Phi) is 5.55. The second kappa shape index (κ2) is 8.03. The van der Waals surface area contributed by atoms with Crippen LogP contribution in [0.5, 0.6) is 11.6 Å². The lowest BCUT2D eigenvalue weighted by Gasteiger charge is -2.25. The number of methoxy groups -OCH3 is 2. The molecule has 1 atom stereocenters. The second-order valence-electron chi connectivity index (χ2n) is 6.31. The van der Waals surface area contributed by atoms with Crippen LogP contribution in [0.4, 0.5) is 5.82 Å². The Hall–Kier alpha value is -2.83. The van der Waals surface area contributed by atoms with E-state index in [1.807, 2.05) is 36.2 Å². The van der Waals surface area contributed by atoms with Crippen molar-refractivity contribution >= 4 is 11.7 Å². The van der Waals surface area contributed by atoms with Gasteiger partial charge in [-0.15, -0.1) is 0 Å². The molecule has 26 heavy (non-hydrogen) atoms. The molecule has 1 unspecified atom stereocenters. The third-order valence-corrected chi connectivity index (χ3v) is 4.76. The third-order valence-electron chi connectivity index (χ3n) is 4.76. The number of carbonyl (C=O) groups is 1. The van der Waals surface area contributed by atoms with E-state index in [1.165, 1.54) is 0 Å². The van der Waals surface area contributed by atoms with Crippen LogP contribution in [0.3, 0.4) is 0 Å². The monoisotopic (exact) mass is 356 g/mol. The molecule has 1 amide bonds. The van der Waals surface area contributed by atoms with Gasteiger partial charge in [0.15, 0.2) is 5.82 Å². The topological polar surface area (TPSA) is 67.8 Å². The Morgan fingerprint density at radius 1 is 1.19 bits per heavy atom. The first kappa shape index (κ1) is 18.0. The summed E-state index contributed by atoms with van der Waals surface area (Å²) >= 11 is 0. The first-order chi connectivity index (χ1) is 12.6. The van der Waals surface area contributed by atoms with E-state index in [0.29, 0.717) is 12.3 Å². The number of hydrogen-bond donors (Lipinski definition) is 0. The SMILES string of the molecule is COc1ccc(CC(=O)N(C)C2CCN(c3nccnc3OC)C2)cc1. The summed E-state index contributed by atoms with van der Waals surface area (Å²) in [4.78, 5) is 25.2.